The van der Waals surface area contributed by atoms with E-state index >= 15 is 0 Å². The molecule has 5 heteroatoms. The first-order chi connectivity index (χ1) is 7.80. The molecule has 1 rings (SSSR count). The van der Waals surface area contributed by atoms with Crippen molar-refractivity contribution in [3.8, 4) is 0 Å². The molecule has 0 aliphatic heterocycles. The van der Waals surface area contributed by atoms with Crippen LogP contribution in [0.5, 0.6) is 0 Å². The van der Waals surface area contributed by atoms with Crippen LogP contribution in [0.2, 0.25) is 0 Å². The van der Waals surface area contributed by atoms with Crippen molar-refractivity contribution in [3.05, 3.63) is 29.3 Å². The van der Waals surface area contributed by atoms with E-state index in [1.807, 2.05) is 19.0 Å². The van der Waals surface area contributed by atoms with Gasteiger partial charge in [-0.2, -0.15) is 13.2 Å². The van der Waals surface area contributed by atoms with Crippen LogP contribution >= 0.6 is 0 Å². The third kappa shape index (κ3) is 4.26. The lowest BCUT2D eigenvalue weighted by Gasteiger charge is -2.15. The molecule has 0 aliphatic rings. The van der Waals surface area contributed by atoms with Crippen LogP contribution in [0, 0.1) is 6.92 Å². The number of benzene rings is 1. The Balaban J connectivity index is 2.77. The van der Waals surface area contributed by atoms with Gasteiger partial charge in [-0.25, -0.2) is 0 Å². The number of rotatable bonds is 4. The standard InChI is InChI=1S/C12H17F3N2/c1-9-4-5-10(12(13,14)15)8-11(9)16-6-7-17(2)3/h4-5,8,16H,6-7H2,1-3H3. The van der Waals surface area contributed by atoms with E-state index in [2.05, 4.69) is 5.32 Å². The molecular formula is C12H17F3N2. The Bertz CT molecular complexity index is 373. The SMILES string of the molecule is Cc1ccc(C(F)(F)F)cc1NCCN(C)C. The molecule has 1 aromatic carbocycles. The van der Waals surface area contributed by atoms with E-state index in [4.69, 9.17) is 0 Å². The van der Waals surface area contributed by atoms with Crippen molar-refractivity contribution in [2.45, 2.75) is 13.1 Å². The first-order valence-corrected chi connectivity index (χ1v) is 5.37. The van der Waals surface area contributed by atoms with Crippen molar-refractivity contribution >= 4 is 5.69 Å². The summed E-state index contributed by atoms with van der Waals surface area (Å²) in [6.07, 6.45) is -4.29. The molecule has 0 aliphatic carbocycles. The normalized spacial score (nSPS) is 11.9. The molecule has 1 N–H and O–H groups in total. The molecular weight excluding hydrogens is 229 g/mol. The predicted molar refractivity (Wildman–Crippen MR) is 63.2 cm³/mol. The Hall–Kier alpha value is -1.23. The molecule has 0 spiro atoms. The second kappa shape index (κ2) is 5.40. The van der Waals surface area contributed by atoms with Gasteiger partial charge >= 0.3 is 6.18 Å². The van der Waals surface area contributed by atoms with E-state index in [1.165, 1.54) is 6.07 Å². The van der Waals surface area contributed by atoms with Crippen LogP contribution in [0.4, 0.5) is 18.9 Å². The average molecular weight is 246 g/mol. The van der Waals surface area contributed by atoms with Crippen LogP contribution in [0.1, 0.15) is 11.1 Å². The fraction of sp³-hybridized carbons (Fsp3) is 0.500. The second-order valence-electron chi connectivity index (χ2n) is 4.26. The summed E-state index contributed by atoms with van der Waals surface area (Å²) < 4.78 is 37.5. The zero-order chi connectivity index (χ0) is 13.1. The average Bonchev–Trinajstić information content (AvgIpc) is 2.18. The first kappa shape index (κ1) is 13.8. The van der Waals surface area contributed by atoms with E-state index in [0.717, 1.165) is 24.2 Å². The Morgan fingerprint density at radius 3 is 2.41 bits per heavy atom. The number of alkyl halides is 3. The molecule has 17 heavy (non-hydrogen) atoms. The maximum absolute atomic E-state index is 12.5. The summed E-state index contributed by atoms with van der Waals surface area (Å²) in [5, 5.41) is 3.02. The van der Waals surface area contributed by atoms with E-state index in [0.29, 0.717) is 12.2 Å². The van der Waals surface area contributed by atoms with Gasteiger partial charge in [0, 0.05) is 18.8 Å². The van der Waals surface area contributed by atoms with Gasteiger partial charge in [-0.15, -0.1) is 0 Å². The van der Waals surface area contributed by atoms with E-state index < -0.39 is 11.7 Å². The van der Waals surface area contributed by atoms with Gasteiger partial charge in [0.25, 0.3) is 0 Å². The van der Waals surface area contributed by atoms with Crippen LogP contribution in [0.15, 0.2) is 18.2 Å². The minimum absolute atomic E-state index is 0.543. The van der Waals surface area contributed by atoms with Crippen molar-refractivity contribution in [1.82, 2.24) is 4.90 Å². The summed E-state index contributed by atoms with van der Waals surface area (Å²) in [4.78, 5) is 1.97. The molecule has 0 radical (unpaired) electrons. The highest BCUT2D eigenvalue weighted by molar-refractivity contribution is 5.53. The predicted octanol–water partition coefficient (Wildman–Crippen LogP) is 2.99. The van der Waals surface area contributed by atoms with Gasteiger partial charge in [-0.05, 0) is 38.7 Å². The van der Waals surface area contributed by atoms with E-state index in [9.17, 15) is 13.2 Å². The van der Waals surface area contributed by atoms with Crippen LogP contribution in [0.25, 0.3) is 0 Å². The van der Waals surface area contributed by atoms with Gasteiger partial charge in [0.2, 0.25) is 0 Å². The largest absolute Gasteiger partial charge is 0.416 e. The second-order valence-corrected chi connectivity index (χ2v) is 4.26. The zero-order valence-electron chi connectivity index (χ0n) is 10.2. The number of likely N-dealkylation sites (N-methyl/N-ethyl adjacent to an activating group) is 1. The lowest BCUT2D eigenvalue weighted by molar-refractivity contribution is -0.137. The summed E-state index contributed by atoms with van der Waals surface area (Å²) in [5.41, 5.74) is 0.744. The lowest BCUT2D eigenvalue weighted by Crippen LogP contribution is -2.21. The molecule has 0 amide bonds. The van der Waals surface area contributed by atoms with Gasteiger partial charge < -0.3 is 10.2 Å². The third-order valence-corrected chi connectivity index (χ3v) is 2.44. The minimum Gasteiger partial charge on any atom is -0.384 e. The fourth-order valence-electron chi connectivity index (χ4n) is 1.40. The van der Waals surface area contributed by atoms with Crippen molar-refractivity contribution < 1.29 is 13.2 Å². The highest BCUT2D eigenvalue weighted by atomic mass is 19.4. The van der Waals surface area contributed by atoms with Crippen LogP contribution in [-0.2, 0) is 6.18 Å². The molecule has 0 saturated carbocycles. The molecule has 0 bridgehead atoms. The van der Waals surface area contributed by atoms with Gasteiger partial charge in [0.15, 0.2) is 0 Å². The topological polar surface area (TPSA) is 15.3 Å². The van der Waals surface area contributed by atoms with Crippen molar-refractivity contribution in [2.75, 3.05) is 32.5 Å². The third-order valence-electron chi connectivity index (χ3n) is 2.44. The Morgan fingerprint density at radius 1 is 1.24 bits per heavy atom. The number of halogens is 3. The maximum atomic E-state index is 12.5. The lowest BCUT2D eigenvalue weighted by atomic mass is 10.1. The summed E-state index contributed by atoms with van der Waals surface area (Å²) >= 11 is 0. The quantitative estimate of drug-likeness (QED) is 0.878. The molecule has 1 aromatic rings. The first-order valence-electron chi connectivity index (χ1n) is 5.37. The minimum atomic E-state index is -4.29. The Labute approximate surface area is 99.4 Å². The van der Waals surface area contributed by atoms with Crippen molar-refractivity contribution in [3.63, 3.8) is 0 Å². The van der Waals surface area contributed by atoms with Crippen LogP contribution in [0.3, 0.4) is 0 Å². The number of anilines is 1. The van der Waals surface area contributed by atoms with Crippen molar-refractivity contribution in [1.29, 1.82) is 0 Å². The van der Waals surface area contributed by atoms with Gasteiger partial charge in [-0.3, -0.25) is 0 Å². The van der Waals surface area contributed by atoms with Gasteiger partial charge in [0.05, 0.1) is 5.56 Å². The molecule has 0 atom stereocenters. The number of aryl methyl sites for hydroxylation is 1. The summed E-state index contributed by atoms with van der Waals surface area (Å²) in [6.45, 7) is 3.18. The van der Waals surface area contributed by atoms with E-state index in [-0.39, 0.29) is 0 Å². The molecule has 0 heterocycles. The fourth-order valence-corrected chi connectivity index (χ4v) is 1.40. The van der Waals surface area contributed by atoms with Crippen LogP contribution < -0.4 is 5.32 Å². The highest BCUT2D eigenvalue weighted by Gasteiger charge is 2.30. The highest BCUT2D eigenvalue weighted by Crippen LogP contribution is 2.31. The molecule has 0 saturated heterocycles. The zero-order valence-corrected chi connectivity index (χ0v) is 10.2. The summed E-state index contributed by atoms with van der Waals surface area (Å²) in [7, 11) is 3.83. The van der Waals surface area contributed by atoms with Crippen LogP contribution in [-0.4, -0.2) is 32.1 Å². The maximum Gasteiger partial charge on any atom is 0.416 e. The number of hydrogen-bond acceptors (Lipinski definition) is 2. The number of nitrogens with zero attached hydrogens (tertiary/aromatic N) is 1. The molecule has 0 unspecified atom stereocenters. The number of nitrogens with one attached hydrogen (secondary N) is 1. The monoisotopic (exact) mass is 246 g/mol. The summed E-state index contributed by atoms with van der Waals surface area (Å²) in [6, 6.07) is 3.75. The smallest absolute Gasteiger partial charge is 0.384 e. The van der Waals surface area contributed by atoms with E-state index in [1.54, 1.807) is 6.92 Å². The number of hydrogen-bond donors (Lipinski definition) is 1. The van der Waals surface area contributed by atoms with Gasteiger partial charge in [0.1, 0.15) is 0 Å². The Morgan fingerprint density at radius 2 is 1.88 bits per heavy atom. The molecule has 0 fully saturated rings. The molecule has 96 valence electrons. The van der Waals surface area contributed by atoms with Crippen molar-refractivity contribution in [2.24, 2.45) is 0 Å². The Kier molecular flexibility index (Phi) is 4.40. The molecule has 0 aromatic heterocycles. The molecule has 2 nitrogen and oxygen atoms in total. The van der Waals surface area contributed by atoms with Gasteiger partial charge in [-0.1, -0.05) is 6.07 Å². The summed E-state index contributed by atoms with van der Waals surface area (Å²) in [5.74, 6) is 0.